The Kier molecular flexibility index (Phi) is 7.23. The van der Waals surface area contributed by atoms with E-state index in [1.54, 1.807) is 16.8 Å². The topological polar surface area (TPSA) is 59.4 Å². The molecule has 0 spiro atoms. The van der Waals surface area contributed by atoms with Crippen LogP contribution in [0.25, 0.3) is 16.9 Å². The van der Waals surface area contributed by atoms with Crippen molar-refractivity contribution >= 4 is 57.4 Å². The first-order valence-electron chi connectivity index (χ1n) is 10.9. The molecule has 0 atom stereocenters. The highest BCUT2D eigenvalue weighted by molar-refractivity contribution is 9.10. The van der Waals surface area contributed by atoms with Crippen LogP contribution in [0.15, 0.2) is 40.9 Å². The van der Waals surface area contributed by atoms with Gasteiger partial charge in [0.1, 0.15) is 11.4 Å². The minimum atomic E-state index is -0.797. The summed E-state index contributed by atoms with van der Waals surface area (Å²) in [5.74, 6) is 0.449. The Labute approximate surface area is 223 Å². The molecule has 0 radical (unpaired) electrons. The number of amides is 1. The monoisotopic (exact) mass is 584 g/mol. The van der Waals surface area contributed by atoms with E-state index in [4.69, 9.17) is 33.0 Å². The molecule has 0 unspecified atom stereocenters. The van der Waals surface area contributed by atoms with Gasteiger partial charge in [0.05, 0.1) is 22.0 Å². The van der Waals surface area contributed by atoms with E-state index < -0.39 is 5.60 Å². The molecule has 6 nitrogen and oxygen atoms in total. The summed E-state index contributed by atoms with van der Waals surface area (Å²) < 4.78 is 9.01. The summed E-state index contributed by atoms with van der Waals surface area (Å²) in [5.41, 5.74) is 5.54. The maximum Gasteiger partial charge on any atom is 0.286 e. The van der Waals surface area contributed by atoms with Crippen LogP contribution in [0.1, 0.15) is 49.2 Å². The molecule has 2 aliphatic heterocycles. The lowest BCUT2D eigenvalue weighted by atomic mass is 9.89. The molecule has 1 saturated heterocycles. The van der Waals surface area contributed by atoms with Crippen LogP contribution in [0.5, 0.6) is 5.75 Å². The van der Waals surface area contributed by atoms with Gasteiger partial charge in [0.2, 0.25) is 0 Å². The molecule has 1 N–H and O–H groups in total. The number of ether oxygens (including phenoxy) is 1. The normalized spacial score (nSPS) is 16.6. The van der Waals surface area contributed by atoms with Crippen molar-refractivity contribution < 1.29 is 9.53 Å². The molecule has 0 bridgehead atoms. The van der Waals surface area contributed by atoms with Gasteiger partial charge in [-0.2, -0.15) is 5.10 Å². The SMILES string of the molecule is CC1(C)Oc2cc(Br)ccc2-c2c1c(C(=O)NN1CCCCC1)nn2-c1ccc(Cl)cc1Cl.Cl. The maximum absolute atomic E-state index is 13.5. The lowest BCUT2D eigenvalue weighted by Crippen LogP contribution is -2.46. The lowest BCUT2D eigenvalue weighted by molar-refractivity contribution is 0.0720. The van der Waals surface area contributed by atoms with Crippen molar-refractivity contribution in [1.29, 1.82) is 0 Å². The molecular formula is C24H24BrCl3N4O2. The molecule has 180 valence electrons. The van der Waals surface area contributed by atoms with Crippen LogP contribution in [0.4, 0.5) is 0 Å². The standard InChI is InChI=1S/C24H23BrCl2N4O2.ClH/c1-24(2)20-21(23(32)29-30-10-4-3-5-11-30)28-31(18-9-7-15(26)13-17(18)27)22(20)16-8-6-14(25)12-19(16)33-24;/h6-9,12-13H,3-5,10-11H2,1-2H3,(H,29,32);1H. The first kappa shape index (κ1) is 25.3. The highest BCUT2D eigenvalue weighted by atomic mass is 79.9. The number of fused-ring (bicyclic) bond motifs is 3. The van der Waals surface area contributed by atoms with E-state index in [-0.39, 0.29) is 18.3 Å². The second-order valence-electron chi connectivity index (χ2n) is 8.82. The van der Waals surface area contributed by atoms with Crippen molar-refractivity contribution in [3.8, 4) is 22.7 Å². The summed E-state index contributed by atoms with van der Waals surface area (Å²) in [4.78, 5) is 13.5. The van der Waals surface area contributed by atoms with E-state index in [1.165, 1.54) is 6.42 Å². The lowest BCUT2D eigenvalue weighted by Gasteiger charge is -2.34. The predicted molar refractivity (Wildman–Crippen MR) is 141 cm³/mol. The smallest absolute Gasteiger partial charge is 0.286 e. The zero-order valence-corrected chi connectivity index (χ0v) is 22.6. The molecule has 3 heterocycles. The zero-order valence-electron chi connectivity index (χ0n) is 18.7. The van der Waals surface area contributed by atoms with Gasteiger partial charge in [-0.1, -0.05) is 45.6 Å². The Balaban J connectivity index is 0.00000274. The van der Waals surface area contributed by atoms with Gasteiger partial charge in [0.25, 0.3) is 5.91 Å². The number of carbonyl (C=O) groups is 1. The molecule has 5 rings (SSSR count). The fourth-order valence-electron chi connectivity index (χ4n) is 4.53. The van der Waals surface area contributed by atoms with Gasteiger partial charge in [0, 0.05) is 28.1 Å². The Morgan fingerprint density at radius 3 is 2.56 bits per heavy atom. The maximum atomic E-state index is 13.5. The van der Waals surface area contributed by atoms with Crippen molar-refractivity contribution in [3.05, 3.63) is 62.2 Å². The molecule has 0 saturated carbocycles. The van der Waals surface area contributed by atoms with Gasteiger partial charge in [0.15, 0.2) is 5.69 Å². The molecule has 1 aromatic heterocycles. The van der Waals surface area contributed by atoms with Crippen LogP contribution in [0, 0.1) is 0 Å². The second-order valence-corrected chi connectivity index (χ2v) is 10.6. The minimum absolute atomic E-state index is 0. The van der Waals surface area contributed by atoms with Gasteiger partial charge in [-0.15, -0.1) is 12.4 Å². The minimum Gasteiger partial charge on any atom is -0.482 e. The van der Waals surface area contributed by atoms with Crippen LogP contribution in [0.2, 0.25) is 10.0 Å². The fourth-order valence-corrected chi connectivity index (χ4v) is 5.36. The average molecular weight is 587 g/mol. The summed E-state index contributed by atoms with van der Waals surface area (Å²) in [6.45, 7) is 5.55. The van der Waals surface area contributed by atoms with Gasteiger partial charge in [-0.25, -0.2) is 9.69 Å². The summed E-state index contributed by atoms with van der Waals surface area (Å²) in [7, 11) is 0. The Morgan fingerprint density at radius 1 is 1.12 bits per heavy atom. The third-order valence-electron chi connectivity index (χ3n) is 6.02. The molecule has 1 fully saturated rings. The van der Waals surface area contributed by atoms with Crippen molar-refractivity contribution in [2.75, 3.05) is 13.1 Å². The number of hydrogen-bond donors (Lipinski definition) is 1. The number of benzene rings is 2. The number of nitrogens with zero attached hydrogens (tertiary/aromatic N) is 3. The summed E-state index contributed by atoms with van der Waals surface area (Å²) in [6.07, 6.45) is 3.30. The van der Waals surface area contributed by atoms with Crippen molar-refractivity contribution in [2.24, 2.45) is 0 Å². The highest BCUT2D eigenvalue weighted by Gasteiger charge is 2.41. The molecule has 10 heteroatoms. The molecular weight excluding hydrogens is 563 g/mol. The predicted octanol–water partition coefficient (Wildman–Crippen LogP) is 6.79. The highest BCUT2D eigenvalue weighted by Crippen LogP contribution is 2.48. The van der Waals surface area contributed by atoms with Crippen LogP contribution in [-0.2, 0) is 5.60 Å². The molecule has 2 aromatic carbocycles. The zero-order chi connectivity index (χ0) is 23.3. The molecule has 0 aliphatic carbocycles. The van der Waals surface area contributed by atoms with Crippen LogP contribution in [0.3, 0.4) is 0 Å². The Morgan fingerprint density at radius 2 is 1.85 bits per heavy atom. The van der Waals surface area contributed by atoms with E-state index in [0.717, 1.165) is 47.2 Å². The third-order valence-corrected chi connectivity index (χ3v) is 7.05. The van der Waals surface area contributed by atoms with E-state index in [1.807, 2.05) is 43.1 Å². The number of aromatic nitrogens is 2. The molecule has 2 aliphatic rings. The Hall–Kier alpha value is -1.77. The molecule has 34 heavy (non-hydrogen) atoms. The van der Waals surface area contributed by atoms with E-state index in [2.05, 4.69) is 21.4 Å². The van der Waals surface area contributed by atoms with E-state index >= 15 is 0 Å². The number of carbonyl (C=O) groups excluding carboxylic acids is 1. The number of rotatable bonds is 3. The van der Waals surface area contributed by atoms with Gasteiger partial charge in [-0.3, -0.25) is 10.2 Å². The largest absolute Gasteiger partial charge is 0.482 e. The van der Waals surface area contributed by atoms with Crippen molar-refractivity contribution in [3.63, 3.8) is 0 Å². The number of hydrogen-bond acceptors (Lipinski definition) is 4. The fraction of sp³-hybridized carbons (Fsp3) is 0.333. The van der Waals surface area contributed by atoms with Crippen LogP contribution >= 0.6 is 51.5 Å². The first-order valence-corrected chi connectivity index (χ1v) is 12.4. The number of piperidine rings is 1. The van der Waals surface area contributed by atoms with Gasteiger partial charge in [-0.05, 0) is 63.1 Å². The van der Waals surface area contributed by atoms with Crippen molar-refractivity contribution in [2.45, 2.75) is 38.7 Å². The van der Waals surface area contributed by atoms with E-state index in [0.29, 0.717) is 27.2 Å². The van der Waals surface area contributed by atoms with Gasteiger partial charge < -0.3 is 4.74 Å². The molecule has 1 amide bonds. The molecule has 3 aromatic rings. The van der Waals surface area contributed by atoms with E-state index in [9.17, 15) is 4.79 Å². The number of nitrogens with one attached hydrogen (secondary N) is 1. The number of halogens is 4. The van der Waals surface area contributed by atoms with Gasteiger partial charge >= 0.3 is 0 Å². The summed E-state index contributed by atoms with van der Waals surface area (Å²) >= 11 is 16.3. The van der Waals surface area contributed by atoms with Crippen LogP contribution in [-0.4, -0.2) is 33.8 Å². The quantitative estimate of drug-likeness (QED) is 0.367. The summed E-state index contributed by atoms with van der Waals surface area (Å²) in [6, 6.07) is 11.1. The van der Waals surface area contributed by atoms with Crippen LogP contribution < -0.4 is 10.2 Å². The first-order chi connectivity index (χ1) is 15.7. The third kappa shape index (κ3) is 4.56. The summed E-state index contributed by atoms with van der Waals surface area (Å²) in [5, 5.41) is 7.73. The Bertz CT molecular complexity index is 1260. The average Bonchev–Trinajstić information content (AvgIpc) is 3.16. The van der Waals surface area contributed by atoms with Crippen molar-refractivity contribution in [1.82, 2.24) is 20.2 Å². The number of hydrazine groups is 1. The second kappa shape index (κ2) is 9.70.